The summed E-state index contributed by atoms with van der Waals surface area (Å²) in [6.07, 6.45) is 0.322. The maximum atomic E-state index is 12.3. The number of aryl methyl sites for hydroxylation is 3. The molecule has 0 aliphatic rings. The lowest BCUT2D eigenvalue weighted by Crippen LogP contribution is -2.22. The second-order valence-corrected chi connectivity index (χ2v) is 5.34. The molecule has 2 aromatic rings. The molecule has 2 rings (SSSR count). The van der Waals surface area contributed by atoms with Crippen molar-refractivity contribution in [3.05, 3.63) is 69.8 Å². The average molecular weight is 281 g/mol. The number of ketones is 1. The summed E-state index contributed by atoms with van der Waals surface area (Å²) >= 11 is 0. The minimum absolute atomic E-state index is 0.0186. The summed E-state index contributed by atoms with van der Waals surface area (Å²) in [4.78, 5) is 23.0. The van der Waals surface area contributed by atoms with E-state index in [0.29, 0.717) is 12.0 Å². The maximum absolute atomic E-state index is 12.3. The molecule has 2 aromatic carbocycles. The number of carbonyl (C=O) groups is 2. The molecule has 0 saturated heterocycles. The van der Waals surface area contributed by atoms with Crippen molar-refractivity contribution in [1.29, 1.82) is 0 Å². The van der Waals surface area contributed by atoms with Crippen LogP contribution in [0.25, 0.3) is 0 Å². The van der Waals surface area contributed by atoms with Gasteiger partial charge in [-0.2, -0.15) is 0 Å². The molecule has 0 radical (unpaired) electrons. The molecule has 108 valence electrons. The molecule has 0 unspecified atom stereocenters. The highest BCUT2D eigenvalue weighted by molar-refractivity contribution is 5.98. The van der Waals surface area contributed by atoms with Gasteiger partial charge in [0.05, 0.1) is 5.97 Å². The number of Topliss-reactive ketones (excluding diaryl/α,β-unsaturated/α-hetero) is 1. The van der Waals surface area contributed by atoms with Crippen LogP contribution < -0.4 is 5.11 Å². The molecule has 0 bridgehead atoms. The molecule has 0 heterocycles. The van der Waals surface area contributed by atoms with Gasteiger partial charge < -0.3 is 9.90 Å². The molecular formula is C18H17O3-. The lowest BCUT2D eigenvalue weighted by atomic mass is 9.93. The van der Waals surface area contributed by atoms with Crippen molar-refractivity contribution in [1.82, 2.24) is 0 Å². The molecule has 0 N–H and O–H groups in total. The number of carboxylic acids is 1. The van der Waals surface area contributed by atoms with Crippen molar-refractivity contribution in [3.63, 3.8) is 0 Å². The summed E-state index contributed by atoms with van der Waals surface area (Å²) < 4.78 is 0. The van der Waals surface area contributed by atoms with Crippen LogP contribution in [0.1, 0.15) is 43.0 Å². The van der Waals surface area contributed by atoms with E-state index in [9.17, 15) is 14.7 Å². The predicted octanol–water partition coefficient (Wildman–Crippen LogP) is 2.40. The molecule has 21 heavy (non-hydrogen) atoms. The Hall–Kier alpha value is -2.42. The molecule has 0 aromatic heterocycles. The van der Waals surface area contributed by atoms with Gasteiger partial charge in [0.1, 0.15) is 0 Å². The molecule has 0 spiro atoms. The fraction of sp³-hybridized carbons (Fsp3) is 0.222. The smallest absolute Gasteiger partial charge is 0.167 e. The van der Waals surface area contributed by atoms with Crippen LogP contribution in [-0.4, -0.2) is 11.8 Å². The highest BCUT2D eigenvalue weighted by Crippen LogP contribution is 2.19. The van der Waals surface area contributed by atoms with E-state index < -0.39 is 5.97 Å². The Balaban J connectivity index is 2.24. The van der Waals surface area contributed by atoms with Crippen molar-refractivity contribution >= 4 is 11.8 Å². The Labute approximate surface area is 124 Å². The highest BCUT2D eigenvalue weighted by atomic mass is 16.4. The zero-order valence-electron chi connectivity index (χ0n) is 12.4. The first-order valence-electron chi connectivity index (χ1n) is 6.80. The third-order valence-electron chi connectivity index (χ3n) is 3.62. The number of carbonyl (C=O) groups excluding carboxylic acids is 2. The molecular weight excluding hydrogens is 264 g/mol. The van der Waals surface area contributed by atoms with E-state index in [4.69, 9.17) is 0 Å². The van der Waals surface area contributed by atoms with E-state index in [2.05, 4.69) is 12.1 Å². The number of hydrogen-bond acceptors (Lipinski definition) is 3. The van der Waals surface area contributed by atoms with E-state index in [1.165, 1.54) is 29.8 Å². The summed E-state index contributed by atoms with van der Waals surface area (Å²) in [5.41, 5.74) is 5.02. The van der Waals surface area contributed by atoms with Crippen LogP contribution in [0, 0.1) is 20.8 Å². The van der Waals surface area contributed by atoms with E-state index in [-0.39, 0.29) is 11.3 Å². The molecule has 0 saturated carbocycles. The van der Waals surface area contributed by atoms with Crippen molar-refractivity contribution < 1.29 is 14.7 Å². The second-order valence-electron chi connectivity index (χ2n) is 5.34. The average Bonchev–Trinajstić information content (AvgIpc) is 2.42. The summed E-state index contributed by atoms with van der Waals surface area (Å²) in [7, 11) is 0. The molecule has 0 fully saturated rings. The van der Waals surface area contributed by atoms with Gasteiger partial charge in [-0.1, -0.05) is 42.0 Å². The summed E-state index contributed by atoms with van der Waals surface area (Å²) in [6.45, 7) is 6.04. The minimum atomic E-state index is -1.24. The summed E-state index contributed by atoms with van der Waals surface area (Å²) in [6, 6.07) is 10.00. The standard InChI is InChI=1S/C18H18O3/c1-11-8-12(2)16(13(3)9-11)10-17(19)14-4-6-15(7-5-14)18(20)21/h4-9H,10H2,1-3H3,(H,20,21)/p-1. The van der Waals surface area contributed by atoms with Gasteiger partial charge in [-0.05, 0) is 43.0 Å². The topological polar surface area (TPSA) is 57.2 Å². The van der Waals surface area contributed by atoms with Crippen LogP contribution in [0.15, 0.2) is 36.4 Å². The highest BCUT2D eigenvalue weighted by Gasteiger charge is 2.11. The third-order valence-corrected chi connectivity index (χ3v) is 3.62. The summed E-state index contributed by atoms with van der Waals surface area (Å²) in [5, 5.41) is 10.7. The van der Waals surface area contributed by atoms with Crippen molar-refractivity contribution in [2.24, 2.45) is 0 Å². The Morgan fingerprint density at radius 2 is 1.38 bits per heavy atom. The van der Waals surface area contributed by atoms with Crippen molar-refractivity contribution in [2.75, 3.05) is 0 Å². The number of carboxylic acid groups (broad SMARTS) is 1. The van der Waals surface area contributed by atoms with Crippen LogP contribution in [0.3, 0.4) is 0 Å². The number of aromatic carboxylic acids is 1. The van der Waals surface area contributed by atoms with Gasteiger partial charge >= 0.3 is 0 Å². The van der Waals surface area contributed by atoms with E-state index in [1.807, 2.05) is 20.8 Å². The minimum Gasteiger partial charge on any atom is -0.545 e. The van der Waals surface area contributed by atoms with E-state index in [0.717, 1.165) is 16.7 Å². The molecule has 0 aliphatic heterocycles. The molecule has 0 aliphatic carbocycles. The van der Waals surface area contributed by atoms with Crippen LogP contribution in [0.4, 0.5) is 0 Å². The molecule has 3 nitrogen and oxygen atoms in total. The predicted molar refractivity (Wildman–Crippen MR) is 79.5 cm³/mol. The van der Waals surface area contributed by atoms with Gasteiger partial charge in [0.15, 0.2) is 5.78 Å². The van der Waals surface area contributed by atoms with Gasteiger partial charge in [-0.15, -0.1) is 0 Å². The Kier molecular flexibility index (Phi) is 4.22. The lowest BCUT2D eigenvalue weighted by Gasteiger charge is -2.11. The SMILES string of the molecule is Cc1cc(C)c(CC(=O)c2ccc(C(=O)[O-])cc2)c(C)c1. The first kappa shape index (κ1) is 15.0. The van der Waals surface area contributed by atoms with Gasteiger partial charge in [-0.25, -0.2) is 0 Å². The lowest BCUT2D eigenvalue weighted by molar-refractivity contribution is -0.255. The van der Waals surface area contributed by atoms with Crippen LogP contribution in [-0.2, 0) is 6.42 Å². The number of benzene rings is 2. The molecule has 0 amide bonds. The zero-order valence-corrected chi connectivity index (χ0v) is 12.4. The fourth-order valence-electron chi connectivity index (χ4n) is 2.54. The Morgan fingerprint density at radius 3 is 1.86 bits per heavy atom. The van der Waals surface area contributed by atoms with Gasteiger partial charge in [0.2, 0.25) is 0 Å². The summed E-state index contributed by atoms with van der Waals surface area (Å²) in [5.74, 6) is -1.26. The fourth-order valence-corrected chi connectivity index (χ4v) is 2.54. The number of hydrogen-bond donors (Lipinski definition) is 0. The van der Waals surface area contributed by atoms with Crippen LogP contribution in [0.5, 0.6) is 0 Å². The largest absolute Gasteiger partial charge is 0.545 e. The van der Waals surface area contributed by atoms with Crippen molar-refractivity contribution in [3.8, 4) is 0 Å². The molecule has 3 heteroatoms. The first-order chi connectivity index (χ1) is 9.88. The van der Waals surface area contributed by atoms with E-state index >= 15 is 0 Å². The van der Waals surface area contributed by atoms with Gasteiger partial charge in [-0.3, -0.25) is 4.79 Å². The Morgan fingerprint density at radius 1 is 0.905 bits per heavy atom. The second kappa shape index (κ2) is 5.92. The Bertz CT molecular complexity index is 674. The van der Waals surface area contributed by atoms with Gasteiger partial charge in [0.25, 0.3) is 0 Å². The monoisotopic (exact) mass is 281 g/mol. The first-order valence-corrected chi connectivity index (χ1v) is 6.80. The number of rotatable bonds is 4. The van der Waals surface area contributed by atoms with Crippen LogP contribution in [0.2, 0.25) is 0 Å². The third kappa shape index (κ3) is 3.37. The zero-order chi connectivity index (χ0) is 15.6. The normalized spacial score (nSPS) is 10.4. The van der Waals surface area contributed by atoms with Crippen LogP contribution >= 0.6 is 0 Å². The molecule has 0 atom stereocenters. The van der Waals surface area contributed by atoms with E-state index in [1.54, 1.807) is 0 Å². The quantitative estimate of drug-likeness (QED) is 0.809. The van der Waals surface area contributed by atoms with Crippen molar-refractivity contribution in [2.45, 2.75) is 27.2 Å². The van der Waals surface area contributed by atoms with Gasteiger partial charge in [0, 0.05) is 12.0 Å². The maximum Gasteiger partial charge on any atom is 0.167 e.